The molecule has 1 heterocycles. The molecule has 0 atom stereocenters. The summed E-state index contributed by atoms with van der Waals surface area (Å²) < 4.78 is 1.68. The fourth-order valence-corrected chi connectivity index (χ4v) is 2.87. The molecule has 1 aliphatic rings. The fraction of sp³-hybridized carbons (Fsp3) is 0.846. The highest BCUT2D eigenvalue weighted by molar-refractivity contribution is 5.74. The van der Waals surface area contributed by atoms with Gasteiger partial charge in [-0.15, -0.1) is 5.10 Å². The van der Waals surface area contributed by atoms with E-state index < -0.39 is 11.4 Å². The molecule has 6 nitrogen and oxygen atoms in total. The Bertz CT molecular complexity index is 434. The van der Waals surface area contributed by atoms with Crippen molar-refractivity contribution < 1.29 is 9.90 Å². The number of aromatic nitrogens is 4. The molecule has 0 aliphatic heterocycles. The van der Waals surface area contributed by atoms with Gasteiger partial charge in [-0.3, -0.25) is 4.79 Å². The van der Waals surface area contributed by atoms with E-state index in [0.717, 1.165) is 44.3 Å². The number of aliphatic carboxylic acids is 1. The first-order chi connectivity index (χ1) is 9.05. The van der Waals surface area contributed by atoms with Gasteiger partial charge in [0.1, 0.15) is 0 Å². The lowest BCUT2D eigenvalue weighted by atomic mass is 9.80. The maximum Gasteiger partial charge on any atom is 0.311 e. The molecule has 106 valence electrons. The second kappa shape index (κ2) is 5.67. The Morgan fingerprint density at radius 1 is 1.32 bits per heavy atom. The maximum absolute atomic E-state index is 11.8. The van der Waals surface area contributed by atoms with Crippen molar-refractivity contribution in [2.24, 2.45) is 5.41 Å². The first-order valence-electron chi connectivity index (χ1n) is 7.05. The summed E-state index contributed by atoms with van der Waals surface area (Å²) in [6.45, 7) is 4.42. The zero-order chi connectivity index (χ0) is 13.9. The Balaban J connectivity index is 2.25. The molecule has 1 aromatic heterocycles. The molecule has 0 spiro atoms. The summed E-state index contributed by atoms with van der Waals surface area (Å²) in [6.07, 6.45) is 5.65. The second-order valence-electron chi connectivity index (χ2n) is 5.85. The summed E-state index contributed by atoms with van der Waals surface area (Å²) in [5, 5.41) is 21.3. The number of hydrogen-bond acceptors (Lipinski definition) is 4. The van der Waals surface area contributed by atoms with Crippen molar-refractivity contribution in [1.82, 2.24) is 20.2 Å². The van der Waals surface area contributed by atoms with E-state index in [1.807, 2.05) is 13.8 Å². The standard InChI is InChI=1S/C13H22N4O2/c1-10(2)11-14-15-16-17(11)9-13(12(18)19)7-5-3-4-6-8-13/h10H,3-9H2,1-2H3,(H,18,19). The number of carboxylic acid groups (broad SMARTS) is 1. The number of hydrogen-bond donors (Lipinski definition) is 1. The zero-order valence-corrected chi connectivity index (χ0v) is 11.7. The van der Waals surface area contributed by atoms with Crippen LogP contribution < -0.4 is 0 Å². The third kappa shape index (κ3) is 2.93. The van der Waals surface area contributed by atoms with Gasteiger partial charge in [-0.05, 0) is 23.3 Å². The minimum Gasteiger partial charge on any atom is -0.481 e. The highest BCUT2D eigenvalue weighted by Gasteiger charge is 2.40. The van der Waals surface area contributed by atoms with Gasteiger partial charge in [-0.2, -0.15) is 0 Å². The summed E-state index contributed by atoms with van der Waals surface area (Å²) >= 11 is 0. The Morgan fingerprint density at radius 3 is 2.47 bits per heavy atom. The number of nitrogens with zero attached hydrogens (tertiary/aromatic N) is 4. The van der Waals surface area contributed by atoms with E-state index in [4.69, 9.17) is 0 Å². The highest BCUT2D eigenvalue weighted by atomic mass is 16.4. The van der Waals surface area contributed by atoms with Crippen molar-refractivity contribution in [3.8, 4) is 0 Å². The van der Waals surface area contributed by atoms with Crippen LogP contribution in [0.3, 0.4) is 0 Å². The molecule has 2 rings (SSSR count). The quantitative estimate of drug-likeness (QED) is 0.845. The molecule has 0 saturated heterocycles. The molecule has 0 amide bonds. The second-order valence-corrected chi connectivity index (χ2v) is 5.85. The molecule has 0 radical (unpaired) electrons. The molecular formula is C13H22N4O2. The van der Waals surface area contributed by atoms with E-state index in [2.05, 4.69) is 15.5 Å². The molecule has 1 saturated carbocycles. The van der Waals surface area contributed by atoms with Crippen molar-refractivity contribution in [1.29, 1.82) is 0 Å². The molecular weight excluding hydrogens is 244 g/mol. The van der Waals surface area contributed by atoms with Gasteiger partial charge in [0.05, 0.1) is 12.0 Å². The van der Waals surface area contributed by atoms with Crippen LogP contribution in [0.25, 0.3) is 0 Å². The topological polar surface area (TPSA) is 80.9 Å². The predicted octanol–water partition coefficient (Wildman–Crippen LogP) is 2.22. The van der Waals surface area contributed by atoms with Crippen LogP contribution in [-0.2, 0) is 11.3 Å². The highest BCUT2D eigenvalue weighted by Crippen LogP contribution is 2.37. The summed E-state index contributed by atoms with van der Waals surface area (Å²) in [6, 6.07) is 0. The van der Waals surface area contributed by atoms with Crippen LogP contribution in [0.5, 0.6) is 0 Å². The van der Waals surface area contributed by atoms with Gasteiger partial charge in [-0.1, -0.05) is 39.5 Å². The summed E-state index contributed by atoms with van der Waals surface area (Å²) in [7, 11) is 0. The lowest BCUT2D eigenvalue weighted by Gasteiger charge is -2.28. The van der Waals surface area contributed by atoms with Gasteiger partial charge < -0.3 is 5.11 Å². The van der Waals surface area contributed by atoms with Crippen molar-refractivity contribution in [2.45, 2.75) is 64.8 Å². The minimum absolute atomic E-state index is 0.201. The van der Waals surface area contributed by atoms with Crippen LogP contribution in [0.2, 0.25) is 0 Å². The van der Waals surface area contributed by atoms with E-state index in [0.29, 0.717) is 6.54 Å². The lowest BCUT2D eigenvalue weighted by Crippen LogP contribution is -2.36. The largest absolute Gasteiger partial charge is 0.481 e. The summed E-state index contributed by atoms with van der Waals surface area (Å²) in [5.41, 5.74) is -0.699. The predicted molar refractivity (Wildman–Crippen MR) is 69.7 cm³/mol. The molecule has 19 heavy (non-hydrogen) atoms. The van der Waals surface area contributed by atoms with Crippen LogP contribution in [0, 0.1) is 5.41 Å². The van der Waals surface area contributed by atoms with E-state index in [-0.39, 0.29) is 5.92 Å². The molecule has 1 aromatic rings. The van der Waals surface area contributed by atoms with Crippen molar-refractivity contribution in [3.05, 3.63) is 5.82 Å². The van der Waals surface area contributed by atoms with Crippen LogP contribution in [0.1, 0.15) is 64.1 Å². The molecule has 1 aliphatic carbocycles. The number of tetrazole rings is 1. The van der Waals surface area contributed by atoms with Gasteiger partial charge in [0.15, 0.2) is 5.82 Å². The van der Waals surface area contributed by atoms with Crippen LogP contribution in [0.15, 0.2) is 0 Å². The molecule has 0 bridgehead atoms. The SMILES string of the molecule is CC(C)c1nnnn1CC1(C(=O)O)CCCCCC1. The molecule has 1 fully saturated rings. The minimum atomic E-state index is -0.709. The van der Waals surface area contributed by atoms with Crippen LogP contribution in [0.4, 0.5) is 0 Å². The first kappa shape index (κ1) is 14.0. The lowest BCUT2D eigenvalue weighted by molar-refractivity contribution is -0.151. The van der Waals surface area contributed by atoms with Crippen LogP contribution in [-0.4, -0.2) is 31.3 Å². The Morgan fingerprint density at radius 2 is 1.95 bits per heavy atom. The summed E-state index contributed by atoms with van der Waals surface area (Å²) in [5.74, 6) is 0.260. The van der Waals surface area contributed by atoms with Gasteiger partial charge in [0.25, 0.3) is 0 Å². The molecule has 1 N–H and O–H groups in total. The number of carboxylic acids is 1. The first-order valence-corrected chi connectivity index (χ1v) is 7.05. The van der Waals surface area contributed by atoms with Crippen molar-refractivity contribution >= 4 is 5.97 Å². The summed E-state index contributed by atoms with van der Waals surface area (Å²) in [4.78, 5) is 11.8. The van der Waals surface area contributed by atoms with E-state index in [1.54, 1.807) is 4.68 Å². The van der Waals surface area contributed by atoms with Gasteiger partial charge >= 0.3 is 5.97 Å². The maximum atomic E-state index is 11.8. The van der Waals surface area contributed by atoms with E-state index in [1.165, 1.54) is 0 Å². The Hall–Kier alpha value is -1.46. The van der Waals surface area contributed by atoms with Gasteiger partial charge in [-0.25, -0.2) is 4.68 Å². The Labute approximate surface area is 113 Å². The van der Waals surface area contributed by atoms with Gasteiger partial charge in [0.2, 0.25) is 0 Å². The molecule has 0 unspecified atom stereocenters. The van der Waals surface area contributed by atoms with Crippen molar-refractivity contribution in [3.63, 3.8) is 0 Å². The normalized spacial score (nSPS) is 19.3. The molecule has 0 aromatic carbocycles. The number of carbonyl (C=O) groups is 1. The van der Waals surface area contributed by atoms with Crippen molar-refractivity contribution in [2.75, 3.05) is 0 Å². The molecule has 6 heteroatoms. The van der Waals surface area contributed by atoms with Crippen LogP contribution >= 0.6 is 0 Å². The third-order valence-electron chi connectivity index (χ3n) is 4.04. The van der Waals surface area contributed by atoms with E-state index in [9.17, 15) is 9.90 Å². The third-order valence-corrected chi connectivity index (χ3v) is 4.04. The van der Waals surface area contributed by atoms with E-state index >= 15 is 0 Å². The fourth-order valence-electron chi connectivity index (χ4n) is 2.87. The smallest absolute Gasteiger partial charge is 0.311 e. The zero-order valence-electron chi connectivity index (χ0n) is 11.7. The number of rotatable bonds is 4. The average molecular weight is 266 g/mol. The monoisotopic (exact) mass is 266 g/mol. The van der Waals surface area contributed by atoms with Gasteiger partial charge in [0, 0.05) is 5.92 Å². The Kier molecular flexibility index (Phi) is 4.17. The average Bonchev–Trinajstić information content (AvgIpc) is 2.67.